The van der Waals surface area contributed by atoms with Gasteiger partial charge < -0.3 is 9.47 Å². The molecule has 0 bridgehead atoms. The van der Waals surface area contributed by atoms with E-state index in [0.717, 1.165) is 22.7 Å². The number of hydrogen-bond donors (Lipinski definition) is 0. The Kier molecular flexibility index (Phi) is 8.12. The van der Waals surface area contributed by atoms with Crippen molar-refractivity contribution in [2.45, 2.75) is 0 Å². The average molecular weight is 819 g/mol. The molecule has 3 heteroatoms. The van der Waals surface area contributed by atoms with Gasteiger partial charge in [0.1, 0.15) is 0 Å². The van der Waals surface area contributed by atoms with E-state index in [1.807, 2.05) is 11.3 Å². The van der Waals surface area contributed by atoms with E-state index in [-0.39, 0.29) is 0 Å². The van der Waals surface area contributed by atoms with Gasteiger partial charge in [-0.1, -0.05) is 164 Å². The lowest BCUT2D eigenvalue weighted by Crippen LogP contribution is -2.10. The second-order valence-electron chi connectivity index (χ2n) is 16.5. The molecule has 0 atom stereocenters. The van der Waals surface area contributed by atoms with Crippen molar-refractivity contribution >= 4 is 103 Å². The molecule has 0 aliphatic heterocycles. The average Bonchev–Trinajstić information content (AvgIpc) is 3.90. The molecule has 11 aromatic carbocycles. The molecule has 13 rings (SSSR count). The third-order valence-corrected chi connectivity index (χ3v) is 14.1. The summed E-state index contributed by atoms with van der Waals surface area (Å²) >= 11 is 1.89. The third-order valence-electron chi connectivity index (χ3n) is 12.9. The Hall–Kier alpha value is -7.98. The summed E-state index contributed by atoms with van der Waals surface area (Å²) < 4.78 is 5.01. The first-order chi connectivity index (χ1) is 31.2. The Morgan fingerprint density at radius 2 is 0.921 bits per heavy atom. The Morgan fingerprint density at radius 1 is 0.317 bits per heavy atom. The van der Waals surface area contributed by atoms with Crippen molar-refractivity contribution in [2.24, 2.45) is 0 Å². The summed E-state index contributed by atoms with van der Waals surface area (Å²) in [6, 6.07) is 84.7. The molecular formula is C60H38N2S. The van der Waals surface area contributed by atoms with Crippen LogP contribution in [0.1, 0.15) is 0 Å². The Morgan fingerprint density at radius 3 is 1.71 bits per heavy atom. The van der Waals surface area contributed by atoms with Gasteiger partial charge in [-0.2, -0.15) is 0 Å². The number of rotatable bonds is 6. The first-order valence-corrected chi connectivity index (χ1v) is 22.4. The lowest BCUT2D eigenvalue weighted by atomic mass is 9.93. The predicted molar refractivity (Wildman–Crippen MR) is 272 cm³/mol. The van der Waals surface area contributed by atoms with Gasteiger partial charge in [0.25, 0.3) is 0 Å². The van der Waals surface area contributed by atoms with Crippen LogP contribution in [-0.4, -0.2) is 4.57 Å². The number of nitrogens with zero attached hydrogens (tertiary/aromatic N) is 2. The van der Waals surface area contributed by atoms with Gasteiger partial charge in [0, 0.05) is 53.7 Å². The van der Waals surface area contributed by atoms with Crippen molar-refractivity contribution in [3.05, 3.63) is 231 Å². The molecule has 0 N–H and O–H groups in total. The van der Waals surface area contributed by atoms with Crippen LogP contribution in [0.2, 0.25) is 0 Å². The quantitative estimate of drug-likeness (QED) is 0.152. The summed E-state index contributed by atoms with van der Waals surface area (Å²) in [6.07, 6.45) is 0. The van der Waals surface area contributed by atoms with Crippen LogP contribution in [0, 0.1) is 0 Å². The molecule has 0 aliphatic carbocycles. The number of para-hydroxylation sites is 2. The summed E-state index contributed by atoms with van der Waals surface area (Å²) in [4.78, 5) is 2.42. The van der Waals surface area contributed by atoms with Crippen molar-refractivity contribution in [1.82, 2.24) is 4.57 Å². The molecule has 0 aliphatic rings. The molecule has 0 unspecified atom stereocenters. The standard InChI is InChI=1S/C60H38N2S/c1-4-20-49-40(13-1)29-33-55-54-34-32-47(38-59(54)63-60(49)55)61(45-17-12-16-42(36-45)56-37-43-14-2-3-19-48(43)50-21-5-6-22-51(50)56)44-30-27-39(28-31-44)41-15-11-18-46(35-41)62-57-25-9-7-23-52(57)53-24-8-10-26-58(53)62/h1-38H. The van der Waals surface area contributed by atoms with E-state index in [4.69, 9.17) is 0 Å². The highest BCUT2D eigenvalue weighted by Crippen LogP contribution is 2.45. The van der Waals surface area contributed by atoms with Crippen LogP contribution in [0.15, 0.2) is 231 Å². The van der Waals surface area contributed by atoms with E-state index in [9.17, 15) is 0 Å². The molecular weight excluding hydrogens is 781 g/mol. The smallest absolute Gasteiger partial charge is 0.0541 e. The van der Waals surface area contributed by atoms with E-state index >= 15 is 0 Å². The molecule has 2 heterocycles. The van der Waals surface area contributed by atoms with Crippen molar-refractivity contribution in [3.63, 3.8) is 0 Å². The molecule has 0 radical (unpaired) electrons. The van der Waals surface area contributed by atoms with E-state index in [2.05, 4.69) is 240 Å². The van der Waals surface area contributed by atoms with Crippen LogP contribution in [0.25, 0.3) is 102 Å². The molecule has 0 saturated carbocycles. The Labute approximate surface area is 368 Å². The number of thiophene rings is 1. The van der Waals surface area contributed by atoms with Crippen LogP contribution in [0.5, 0.6) is 0 Å². The first-order valence-electron chi connectivity index (χ1n) is 21.6. The lowest BCUT2D eigenvalue weighted by Gasteiger charge is -2.26. The van der Waals surface area contributed by atoms with Crippen LogP contribution in [0.3, 0.4) is 0 Å². The highest BCUT2D eigenvalue weighted by molar-refractivity contribution is 7.26. The summed E-state index contributed by atoms with van der Waals surface area (Å²) in [5.74, 6) is 0. The normalized spacial score (nSPS) is 11.8. The van der Waals surface area contributed by atoms with Crippen LogP contribution < -0.4 is 4.90 Å². The zero-order valence-corrected chi connectivity index (χ0v) is 35.1. The van der Waals surface area contributed by atoms with E-state index < -0.39 is 0 Å². The van der Waals surface area contributed by atoms with Gasteiger partial charge in [-0.05, 0) is 121 Å². The summed E-state index contributed by atoms with van der Waals surface area (Å²) in [6.45, 7) is 0. The molecule has 0 spiro atoms. The van der Waals surface area contributed by atoms with Crippen molar-refractivity contribution in [3.8, 4) is 27.9 Å². The highest BCUT2D eigenvalue weighted by Gasteiger charge is 2.18. The van der Waals surface area contributed by atoms with Crippen LogP contribution >= 0.6 is 11.3 Å². The van der Waals surface area contributed by atoms with E-state index in [0.29, 0.717) is 0 Å². The maximum atomic E-state index is 2.42. The fraction of sp³-hybridized carbons (Fsp3) is 0. The molecule has 63 heavy (non-hydrogen) atoms. The summed E-state index contributed by atoms with van der Waals surface area (Å²) in [5.41, 5.74) is 11.7. The Bertz CT molecular complexity index is 3870. The summed E-state index contributed by atoms with van der Waals surface area (Å²) in [7, 11) is 0. The molecule has 0 amide bonds. The number of fused-ring (bicyclic) bond motifs is 11. The minimum atomic E-state index is 1.10. The number of benzene rings is 11. The fourth-order valence-corrected chi connectivity index (χ4v) is 11.3. The number of anilines is 3. The van der Waals surface area contributed by atoms with Gasteiger partial charge in [-0.25, -0.2) is 0 Å². The topological polar surface area (TPSA) is 8.17 Å². The third kappa shape index (κ3) is 5.78. The van der Waals surface area contributed by atoms with Crippen molar-refractivity contribution in [2.75, 3.05) is 4.90 Å². The minimum absolute atomic E-state index is 1.10. The second-order valence-corrected chi connectivity index (χ2v) is 17.5. The summed E-state index contributed by atoms with van der Waals surface area (Å²) in [5, 5.41) is 12.8. The van der Waals surface area contributed by atoms with Gasteiger partial charge >= 0.3 is 0 Å². The first kappa shape index (κ1) is 35.7. The van der Waals surface area contributed by atoms with Gasteiger partial charge in [0.15, 0.2) is 0 Å². The molecule has 2 aromatic heterocycles. The van der Waals surface area contributed by atoms with Crippen LogP contribution in [-0.2, 0) is 0 Å². The van der Waals surface area contributed by atoms with Gasteiger partial charge in [-0.15, -0.1) is 11.3 Å². The monoisotopic (exact) mass is 818 g/mol. The van der Waals surface area contributed by atoms with Crippen LogP contribution in [0.4, 0.5) is 17.1 Å². The maximum Gasteiger partial charge on any atom is 0.0541 e. The number of aromatic nitrogens is 1. The molecule has 0 fully saturated rings. The van der Waals surface area contributed by atoms with Crippen molar-refractivity contribution in [1.29, 1.82) is 0 Å². The van der Waals surface area contributed by atoms with Gasteiger partial charge in [0.2, 0.25) is 0 Å². The second kappa shape index (κ2) is 14.3. The fourth-order valence-electron chi connectivity index (χ4n) is 10.0. The zero-order valence-electron chi connectivity index (χ0n) is 34.2. The molecule has 0 saturated heterocycles. The molecule has 2 nitrogen and oxygen atoms in total. The highest BCUT2D eigenvalue weighted by atomic mass is 32.1. The van der Waals surface area contributed by atoms with E-state index in [1.165, 1.54) is 96.5 Å². The van der Waals surface area contributed by atoms with E-state index in [1.54, 1.807) is 0 Å². The van der Waals surface area contributed by atoms with Crippen molar-refractivity contribution < 1.29 is 0 Å². The van der Waals surface area contributed by atoms with Gasteiger partial charge in [0.05, 0.1) is 11.0 Å². The lowest BCUT2D eigenvalue weighted by molar-refractivity contribution is 1.18. The largest absolute Gasteiger partial charge is 0.310 e. The SMILES string of the molecule is c1cc(-c2cc3ccccc3c3ccccc23)cc(N(c2ccc(-c3cccc(-n4c5ccccc5c5ccccc54)c3)cc2)c2ccc3c(c2)sc2c4ccccc4ccc32)c1. The zero-order chi connectivity index (χ0) is 41.4. The number of hydrogen-bond acceptors (Lipinski definition) is 2. The molecule has 13 aromatic rings. The maximum absolute atomic E-state index is 2.42. The van der Waals surface area contributed by atoms with Gasteiger partial charge in [-0.3, -0.25) is 0 Å². The Balaban J connectivity index is 0.956. The minimum Gasteiger partial charge on any atom is -0.310 e. The predicted octanol–water partition coefficient (Wildman–Crippen LogP) is 17.4. The molecule has 294 valence electrons.